The number of fused-ring (bicyclic) bond motifs is 1. The molecule has 28 heavy (non-hydrogen) atoms. The fraction of sp³-hybridized carbons (Fsp3) is 0.182. The Morgan fingerprint density at radius 2 is 1.61 bits per heavy atom. The number of hydrogen-bond donors (Lipinski definition) is 0. The molecule has 3 atom stereocenters. The minimum Gasteiger partial charge on any atom is -0.467 e. The summed E-state index contributed by atoms with van der Waals surface area (Å²) in [5.41, 5.74) is 2.35. The molecule has 2 aromatic carbocycles. The topological polar surface area (TPSA) is 63.0 Å². The van der Waals surface area contributed by atoms with Crippen molar-refractivity contribution in [2.24, 2.45) is 5.92 Å². The van der Waals surface area contributed by atoms with Gasteiger partial charge in [-0.25, -0.2) is 9.96 Å². The van der Waals surface area contributed by atoms with Crippen molar-refractivity contribution in [3.8, 4) is 0 Å². The molecule has 140 valence electrons. The van der Waals surface area contributed by atoms with Crippen molar-refractivity contribution in [3.63, 3.8) is 0 Å². The molecular formula is C22H18N2O4. The molecular weight excluding hydrogens is 356 g/mol. The summed E-state index contributed by atoms with van der Waals surface area (Å²) >= 11 is 0. The van der Waals surface area contributed by atoms with E-state index in [0.717, 1.165) is 11.3 Å². The van der Waals surface area contributed by atoms with E-state index >= 15 is 0 Å². The first-order valence-electron chi connectivity index (χ1n) is 9.15. The fourth-order valence-corrected chi connectivity index (χ4v) is 4.01. The van der Waals surface area contributed by atoms with Crippen LogP contribution in [-0.2, 0) is 14.4 Å². The van der Waals surface area contributed by atoms with Crippen molar-refractivity contribution in [1.82, 2.24) is 0 Å². The summed E-state index contributed by atoms with van der Waals surface area (Å²) in [5.74, 6) is -0.724. The van der Waals surface area contributed by atoms with E-state index in [0.29, 0.717) is 11.4 Å². The number of hydroxylamine groups is 1. The number of imide groups is 1. The van der Waals surface area contributed by atoms with Gasteiger partial charge in [0.25, 0.3) is 5.91 Å². The molecule has 0 bridgehead atoms. The lowest BCUT2D eigenvalue weighted by Crippen LogP contribution is -2.37. The van der Waals surface area contributed by atoms with Crippen molar-refractivity contribution in [2.45, 2.75) is 19.1 Å². The van der Waals surface area contributed by atoms with E-state index in [2.05, 4.69) is 0 Å². The molecule has 2 saturated heterocycles. The van der Waals surface area contributed by atoms with Gasteiger partial charge in [0.2, 0.25) is 5.91 Å². The van der Waals surface area contributed by atoms with Crippen LogP contribution in [-0.4, -0.2) is 17.9 Å². The minimum absolute atomic E-state index is 0.279. The van der Waals surface area contributed by atoms with Gasteiger partial charge in [-0.15, -0.1) is 0 Å². The second-order valence-corrected chi connectivity index (χ2v) is 6.97. The van der Waals surface area contributed by atoms with Crippen molar-refractivity contribution in [1.29, 1.82) is 0 Å². The fourth-order valence-electron chi connectivity index (χ4n) is 4.01. The summed E-state index contributed by atoms with van der Waals surface area (Å²) in [6, 6.07) is 19.7. The molecule has 0 spiro atoms. The normalized spacial score (nSPS) is 24.1. The Morgan fingerprint density at radius 1 is 0.857 bits per heavy atom. The molecule has 0 aliphatic carbocycles. The minimum atomic E-state index is -0.887. The number of amides is 2. The summed E-state index contributed by atoms with van der Waals surface area (Å²) in [4.78, 5) is 33.7. The van der Waals surface area contributed by atoms with E-state index in [1.807, 2.05) is 43.3 Å². The summed E-state index contributed by atoms with van der Waals surface area (Å²) in [7, 11) is 0. The summed E-state index contributed by atoms with van der Waals surface area (Å²) in [6.07, 6.45) is 0.678. The van der Waals surface area contributed by atoms with Gasteiger partial charge in [0.1, 0.15) is 17.7 Å². The van der Waals surface area contributed by atoms with Crippen LogP contribution < -0.4 is 9.96 Å². The van der Waals surface area contributed by atoms with Gasteiger partial charge in [-0.05, 0) is 42.8 Å². The Bertz CT molecular complexity index is 1030. The number of furan rings is 1. The number of carbonyl (C=O) groups is 2. The molecule has 3 aromatic rings. The molecule has 0 saturated carbocycles. The van der Waals surface area contributed by atoms with Crippen LogP contribution in [0.1, 0.15) is 17.4 Å². The average Bonchev–Trinajstić information content (AvgIpc) is 3.41. The lowest BCUT2D eigenvalue weighted by molar-refractivity contribution is -0.126. The van der Waals surface area contributed by atoms with E-state index in [4.69, 9.17) is 9.25 Å². The molecule has 6 heteroatoms. The second kappa shape index (κ2) is 6.35. The maximum Gasteiger partial charge on any atom is 0.266 e. The molecule has 2 aliphatic rings. The number of aryl methyl sites for hydroxylation is 1. The molecule has 1 aromatic heterocycles. The van der Waals surface area contributed by atoms with Crippen molar-refractivity contribution in [2.75, 3.05) is 9.96 Å². The van der Waals surface area contributed by atoms with Gasteiger partial charge in [0.05, 0.1) is 17.6 Å². The van der Waals surface area contributed by atoms with Crippen molar-refractivity contribution in [3.05, 3.63) is 84.3 Å². The van der Waals surface area contributed by atoms with Gasteiger partial charge in [0, 0.05) is 0 Å². The highest BCUT2D eigenvalue weighted by molar-refractivity contribution is 6.23. The molecule has 2 aliphatic heterocycles. The van der Waals surface area contributed by atoms with Crippen molar-refractivity contribution < 1.29 is 18.8 Å². The van der Waals surface area contributed by atoms with E-state index in [1.165, 1.54) is 4.90 Å². The third kappa shape index (κ3) is 2.38. The van der Waals surface area contributed by atoms with Gasteiger partial charge in [-0.1, -0.05) is 36.4 Å². The SMILES string of the molecule is Cc1ccccc1N1O[C@@H]2C(=O)N(c3ccccc3)C(=O)[C@H]2[C@@H]1c1ccco1. The highest BCUT2D eigenvalue weighted by Gasteiger charge is 2.61. The zero-order chi connectivity index (χ0) is 19.3. The van der Waals surface area contributed by atoms with Crippen LogP contribution >= 0.6 is 0 Å². The monoisotopic (exact) mass is 374 g/mol. The molecule has 2 amide bonds. The zero-order valence-corrected chi connectivity index (χ0v) is 15.2. The lowest BCUT2D eigenvalue weighted by atomic mass is 9.94. The van der Waals surface area contributed by atoms with Crippen LogP contribution in [0.5, 0.6) is 0 Å². The number of anilines is 2. The van der Waals surface area contributed by atoms with Crippen LogP contribution in [0.25, 0.3) is 0 Å². The van der Waals surface area contributed by atoms with Gasteiger partial charge in [0.15, 0.2) is 6.10 Å². The number of rotatable bonds is 3. The number of para-hydroxylation sites is 2. The van der Waals surface area contributed by atoms with Gasteiger partial charge in [-0.2, -0.15) is 0 Å². The van der Waals surface area contributed by atoms with E-state index < -0.39 is 18.1 Å². The molecule has 0 N–H and O–H groups in total. The molecule has 2 fully saturated rings. The van der Waals surface area contributed by atoms with Crippen LogP contribution in [0.15, 0.2) is 77.4 Å². The first kappa shape index (κ1) is 16.8. The highest BCUT2D eigenvalue weighted by Crippen LogP contribution is 2.48. The van der Waals surface area contributed by atoms with Crippen LogP contribution in [0.2, 0.25) is 0 Å². The lowest BCUT2D eigenvalue weighted by Gasteiger charge is -2.28. The maximum absolute atomic E-state index is 13.3. The molecule has 5 rings (SSSR count). The molecule has 0 unspecified atom stereocenters. The third-order valence-electron chi connectivity index (χ3n) is 5.32. The first-order valence-corrected chi connectivity index (χ1v) is 9.15. The number of carbonyl (C=O) groups excluding carboxylic acids is 2. The number of benzene rings is 2. The molecule has 0 radical (unpaired) electrons. The van der Waals surface area contributed by atoms with Crippen LogP contribution in [0, 0.1) is 12.8 Å². The largest absolute Gasteiger partial charge is 0.467 e. The molecule has 3 heterocycles. The first-order chi connectivity index (χ1) is 13.7. The van der Waals surface area contributed by atoms with E-state index in [9.17, 15) is 9.59 Å². The summed E-state index contributed by atoms with van der Waals surface area (Å²) < 4.78 is 5.64. The van der Waals surface area contributed by atoms with Crippen molar-refractivity contribution >= 4 is 23.2 Å². The quantitative estimate of drug-likeness (QED) is 0.655. The summed E-state index contributed by atoms with van der Waals surface area (Å²) in [5, 5.41) is 1.65. The number of nitrogens with zero attached hydrogens (tertiary/aromatic N) is 2. The van der Waals surface area contributed by atoms with Crippen LogP contribution in [0.3, 0.4) is 0 Å². The van der Waals surface area contributed by atoms with Gasteiger partial charge in [-0.3, -0.25) is 14.4 Å². The average molecular weight is 374 g/mol. The highest BCUT2D eigenvalue weighted by atomic mass is 16.7. The second-order valence-electron chi connectivity index (χ2n) is 6.97. The van der Waals surface area contributed by atoms with Crippen LogP contribution in [0.4, 0.5) is 11.4 Å². The Kier molecular flexibility index (Phi) is 3.80. The Labute approximate surface area is 161 Å². The van der Waals surface area contributed by atoms with E-state index in [1.54, 1.807) is 41.7 Å². The standard InChI is InChI=1S/C22H18N2O4/c1-14-8-5-6-11-16(14)24-19(17-12-7-13-27-17)18-20(28-24)22(26)23(21(18)25)15-9-3-2-4-10-15/h2-13,18-20H,1H3/t18-,19-,20-/m0/s1. The Hall–Kier alpha value is -3.38. The third-order valence-corrected chi connectivity index (χ3v) is 5.32. The van der Waals surface area contributed by atoms with E-state index in [-0.39, 0.29) is 11.8 Å². The molecule has 6 nitrogen and oxygen atoms in total. The number of hydrogen-bond acceptors (Lipinski definition) is 5. The Balaban J connectivity index is 1.59. The predicted molar refractivity (Wildman–Crippen MR) is 102 cm³/mol. The zero-order valence-electron chi connectivity index (χ0n) is 15.2. The predicted octanol–water partition coefficient (Wildman–Crippen LogP) is 3.64. The maximum atomic E-state index is 13.3. The van der Waals surface area contributed by atoms with Gasteiger partial charge >= 0.3 is 0 Å². The summed E-state index contributed by atoms with van der Waals surface area (Å²) in [6.45, 7) is 1.96. The van der Waals surface area contributed by atoms with Gasteiger partial charge < -0.3 is 4.42 Å². The Morgan fingerprint density at radius 3 is 2.32 bits per heavy atom. The smallest absolute Gasteiger partial charge is 0.266 e.